The minimum Gasteiger partial charge on any atom is -0.494 e. The van der Waals surface area contributed by atoms with Gasteiger partial charge in [0.15, 0.2) is 0 Å². The molecule has 4 heterocycles. The van der Waals surface area contributed by atoms with Crippen LogP contribution in [0.1, 0.15) is 69.2 Å². The molecule has 0 saturated carbocycles. The van der Waals surface area contributed by atoms with E-state index in [4.69, 9.17) is 0 Å². The fraction of sp³-hybridized carbons (Fsp3) is 0.422. The summed E-state index contributed by atoms with van der Waals surface area (Å²) >= 11 is 0. The van der Waals surface area contributed by atoms with Gasteiger partial charge in [-0.3, -0.25) is 27.9 Å². The molecule has 61 heavy (non-hydrogen) atoms. The average molecular weight is 839 g/mol. The predicted molar refractivity (Wildman–Crippen MR) is 232 cm³/mol. The van der Waals surface area contributed by atoms with Gasteiger partial charge in [0, 0.05) is 73.7 Å². The van der Waals surface area contributed by atoms with E-state index in [-0.39, 0.29) is 56.9 Å². The fourth-order valence-electron chi connectivity index (χ4n) is 8.42. The molecule has 0 aliphatic carbocycles. The van der Waals surface area contributed by atoms with Gasteiger partial charge >= 0.3 is 11.4 Å². The summed E-state index contributed by atoms with van der Waals surface area (Å²) in [4.78, 5) is 58.6. The minimum atomic E-state index is -0.914. The number of anilines is 2. The molecular weight excluding hydrogens is 785 g/mol. The summed E-state index contributed by atoms with van der Waals surface area (Å²) in [5.74, 6) is -1.34. The third-order valence-corrected chi connectivity index (χ3v) is 11.5. The number of hydrogen-bond donors (Lipinski definition) is 6. The smallest absolute Gasteiger partial charge is 0.333 e. The summed E-state index contributed by atoms with van der Waals surface area (Å²) in [7, 11) is 0. The van der Waals surface area contributed by atoms with E-state index in [2.05, 4.69) is 11.5 Å². The summed E-state index contributed by atoms with van der Waals surface area (Å²) in [6.07, 6.45) is 3.45. The molecule has 0 atom stereocenters. The van der Waals surface area contributed by atoms with Gasteiger partial charge in [-0.25, -0.2) is 9.59 Å². The van der Waals surface area contributed by atoms with Crippen molar-refractivity contribution in [3.8, 4) is 11.8 Å². The number of allylic oxidation sites excluding steroid dienone is 2. The Kier molecular flexibility index (Phi) is 13.3. The number of aromatic hydroxyl groups is 2. The molecule has 0 fully saturated rings. The molecule has 4 aromatic rings. The number of hydrogen-bond acceptors (Lipinski definition) is 12. The molecule has 0 unspecified atom stereocenters. The van der Waals surface area contributed by atoms with Crippen LogP contribution in [0.5, 0.6) is 11.8 Å². The molecule has 324 valence electrons. The van der Waals surface area contributed by atoms with E-state index in [0.717, 1.165) is 40.8 Å². The van der Waals surface area contributed by atoms with E-state index in [1.54, 1.807) is 0 Å². The molecule has 6 rings (SSSR count). The Bertz CT molecular complexity index is 2510. The molecule has 2 aliphatic rings. The van der Waals surface area contributed by atoms with Crippen LogP contribution in [-0.2, 0) is 37.0 Å². The molecule has 16 heteroatoms. The number of para-hydroxylation sites is 2. The molecule has 0 amide bonds. The van der Waals surface area contributed by atoms with Gasteiger partial charge in [-0.2, -0.15) is 0 Å². The molecule has 2 aromatic heterocycles. The molecule has 6 N–H and O–H groups in total. The van der Waals surface area contributed by atoms with Gasteiger partial charge in [0.25, 0.3) is 11.1 Å². The summed E-state index contributed by atoms with van der Waals surface area (Å²) in [5, 5.41) is 61.9. The van der Waals surface area contributed by atoms with Gasteiger partial charge < -0.3 is 40.4 Å². The van der Waals surface area contributed by atoms with Gasteiger partial charge in [-0.15, -0.1) is 0 Å². The van der Waals surface area contributed by atoms with E-state index in [1.807, 2.05) is 86.0 Å². The summed E-state index contributed by atoms with van der Waals surface area (Å²) < 4.78 is 3.46. The zero-order valence-electron chi connectivity index (χ0n) is 35.0. The largest absolute Gasteiger partial charge is 0.494 e. The Morgan fingerprint density at radius 1 is 0.508 bits per heavy atom. The van der Waals surface area contributed by atoms with E-state index >= 15 is 0 Å². The number of rotatable bonds is 16. The Labute approximate surface area is 352 Å². The third kappa shape index (κ3) is 8.09. The molecule has 0 spiro atoms. The zero-order valence-corrected chi connectivity index (χ0v) is 35.0. The Morgan fingerprint density at radius 2 is 0.885 bits per heavy atom. The SMILES string of the molecule is CC1(C)C(=C=Cc2c(O)n(CCCn3c(O)c(C=C=C4N(CCCO)c5ccccc5C4(C)C)c(=O)n(CCO)c3=O)c(=O)n(CCO)c2=O)N(CCCO)c2ccccc21. The molecule has 2 aromatic carbocycles. The first-order valence-electron chi connectivity index (χ1n) is 20.4. The first-order valence-corrected chi connectivity index (χ1v) is 20.4. The maximum atomic E-state index is 13.7. The topological polar surface area (TPSA) is 216 Å². The Balaban J connectivity index is 1.40. The predicted octanol–water partition coefficient (Wildman–Crippen LogP) is 2.17. The highest BCUT2D eigenvalue weighted by Crippen LogP contribution is 2.48. The van der Waals surface area contributed by atoms with Gasteiger partial charge in [0.2, 0.25) is 11.8 Å². The number of nitrogens with zero attached hydrogens (tertiary/aromatic N) is 6. The van der Waals surface area contributed by atoms with Gasteiger partial charge in [-0.05, 0) is 70.2 Å². The normalized spacial score (nSPS) is 14.8. The van der Waals surface area contributed by atoms with E-state index in [0.29, 0.717) is 37.3 Å². The molecule has 2 aliphatic heterocycles. The van der Waals surface area contributed by atoms with Crippen LogP contribution in [-0.4, -0.2) is 88.4 Å². The number of aliphatic hydroxyl groups excluding tert-OH is 4. The van der Waals surface area contributed by atoms with Gasteiger partial charge in [-0.1, -0.05) is 47.9 Å². The van der Waals surface area contributed by atoms with Crippen molar-refractivity contribution < 1.29 is 30.6 Å². The van der Waals surface area contributed by atoms with Gasteiger partial charge in [0.1, 0.15) is 11.1 Å². The van der Waals surface area contributed by atoms with Crippen LogP contribution in [0.2, 0.25) is 0 Å². The molecule has 0 radical (unpaired) electrons. The van der Waals surface area contributed by atoms with Crippen molar-refractivity contribution >= 4 is 23.5 Å². The molecule has 0 bridgehead atoms. The maximum Gasteiger partial charge on any atom is 0.333 e. The highest BCUT2D eigenvalue weighted by Gasteiger charge is 2.41. The third-order valence-electron chi connectivity index (χ3n) is 11.5. The van der Waals surface area contributed by atoms with E-state index in [9.17, 15) is 49.8 Å². The Morgan fingerprint density at radius 3 is 1.25 bits per heavy atom. The number of fused-ring (bicyclic) bond motifs is 2. The van der Waals surface area contributed by atoms with Crippen LogP contribution < -0.4 is 32.3 Å². The molecular formula is C45H54N6O10. The van der Waals surface area contributed by atoms with Crippen molar-refractivity contribution in [2.24, 2.45) is 0 Å². The van der Waals surface area contributed by atoms with Gasteiger partial charge in [0.05, 0.1) is 37.7 Å². The maximum absolute atomic E-state index is 13.7. The fourth-order valence-corrected chi connectivity index (χ4v) is 8.42. The number of benzene rings is 2. The monoisotopic (exact) mass is 838 g/mol. The zero-order chi connectivity index (χ0) is 44.2. The quantitative estimate of drug-likeness (QED) is 0.0896. The summed E-state index contributed by atoms with van der Waals surface area (Å²) in [5.41, 5.74) is 6.33. The second kappa shape index (κ2) is 18.2. The number of aromatic nitrogens is 4. The average Bonchev–Trinajstić information content (AvgIpc) is 3.59. The van der Waals surface area contributed by atoms with Crippen LogP contribution in [0.3, 0.4) is 0 Å². The van der Waals surface area contributed by atoms with E-state index in [1.165, 1.54) is 12.2 Å². The lowest BCUT2D eigenvalue weighted by Gasteiger charge is -2.25. The summed E-state index contributed by atoms with van der Waals surface area (Å²) in [6.45, 7) is 6.42. The van der Waals surface area contributed by atoms with Crippen molar-refractivity contribution in [3.05, 3.63) is 135 Å². The molecule has 16 nitrogen and oxygen atoms in total. The van der Waals surface area contributed by atoms with Crippen LogP contribution in [0.15, 0.2) is 90.6 Å². The first kappa shape index (κ1) is 44.4. The highest BCUT2D eigenvalue weighted by atomic mass is 16.3. The molecule has 0 saturated heterocycles. The summed E-state index contributed by atoms with van der Waals surface area (Å²) in [6, 6.07) is 15.5. The van der Waals surface area contributed by atoms with Crippen LogP contribution in [0.4, 0.5) is 11.4 Å². The van der Waals surface area contributed by atoms with Crippen LogP contribution >= 0.6 is 0 Å². The lowest BCUT2D eigenvalue weighted by atomic mass is 9.84. The second-order valence-electron chi connectivity index (χ2n) is 16.1. The second-order valence-corrected chi connectivity index (χ2v) is 16.1. The number of aliphatic hydroxyl groups is 4. The van der Waals surface area contributed by atoms with Crippen molar-refractivity contribution in [2.45, 2.75) is 84.0 Å². The highest BCUT2D eigenvalue weighted by molar-refractivity contribution is 5.72. The van der Waals surface area contributed by atoms with Crippen molar-refractivity contribution in [1.82, 2.24) is 18.3 Å². The van der Waals surface area contributed by atoms with Crippen molar-refractivity contribution in [3.63, 3.8) is 0 Å². The van der Waals surface area contributed by atoms with Crippen molar-refractivity contribution in [2.75, 3.05) is 49.3 Å². The van der Waals surface area contributed by atoms with Crippen LogP contribution in [0.25, 0.3) is 12.2 Å². The lowest BCUT2D eigenvalue weighted by Crippen LogP contribution is -2.43. The Hall–Kier alpha value is -6.12. The van der Waals surface area contributed by atoms with Crippen molar-refractivity contribution in [1.29, 1.82) is 0 Å². The minimum absolute atomic E-state index is 0.0471. The first-order chi connectivity index (χ1) is 29.2. The van der Waals surface area contributed by atoms with E-state index < -0.39 is 58.3 Å². The lowest BCUT2D eigenvalue weighted by molar-refractivity contribution is 0.265. The standard InChI is InChI=1S/C45H54N6O10/c1-44(2)32-12-5-7-14-34(32)46(22-10-26-52)36(44)18-16-30-38(56)48(42(60)50(24-28-54)40(30)58)20-9-21-49-39(57)31(41(59)51(25-29-55)43(49)61)17-19-37-45(3,4)33-13-6-8-15-35(33)47(37)23-11-27-53/h5-8,12-17,52-57H,9-11,20-29H2,1-4H3. The van der Waals surface area contributed by atoms with Crippen LogP contribution in [0, 0.1) is 0 Å².